The average molecular weight is 394 g/mol. The standard InChI is InChI=1S/C16H16BrN3O2S/c1-11(19-20-16(22)10-14-6-3-7-23-14)8-15(21)18-13-5-2-4-12(17)9-13/h2-7,9H,8,10H2,1H3,(H,18,21)(H,20,22)/b19-11+. The molecular weight excluding hydrogens is 378 g/mol. The molecule has 1 aromatic carbocycles. The molecule has 0 bridgehead atoms. The molecule has 2 amide bonds. The van der Waals surface area contributed by atoms with Crippen LogP contribution in [0.4, 0.5) is 5.69 Å². The summed E-state index contributed by atoms with van der Waals surface area (Å²) >= 11 is 4.87. The molecule has 7 heteroatoms. The number of hydrogen-bond donors (Lipinski definition) is 2. The van der Waals surface area contributed by atoms with Crippen LogP contribution in [0.5, 0.6) is 0 Å². The summed E-state index contributed by atoms with van der Waals surface area (Å²) in [7, 11) is 0. The minimum absolute atomic E-state index is 0.117. The minimum Gasteiger partial charge on any atom is -0.326 e. The Morgan fingerprint density at radius 3 is 2.74 bits per heavy atom. The molecule has 0 atom stereocenters. The summed E-state index contributed by atoms with van der Waals surface area (Å²) in [5, 5.41) is 8.65. The number of nitrogens with zero attached hydrogens (tertiary/aromatic N) is 1. The average Bonchev–Trinajstić information content (AvgIpc) is 2.98. The summed E-state index contributed by atoms with van der Waals surface area (Å²) in [5.41, 5.74) is 3.71. The Morgan fingerprint density at radius 1 is 1.22 bits per heavy atom. The fourth-order valence-electron chi connectivity index (χ4n) is 1.81. The van der Waals surface area contributed by atoms with Crippen molar-refractivity contribution in [3.05, 3.63) is 51.1 Å². The molecule has 0 saturated carbocycles. The molecule has 0 radical (unpaired) electrons. The van der Waals surface area contributed by atoms with Gasteiger partial charge in [-0.05, 0) is 36.6 Å². The number of thiophene rings is 1. The molecule has 1 heterocycles. The summed E-state index contributed by atoms with van der Waals surface area (Å²) in [6.45, 7) is 1.70. The first-order valence-corrected chi connectivity index (χ1v) is 8.60. The van der Waals surface area contributed by atoms with Gasteiger partial charge in [-0.2, -0.15) is 5.10 Å². The van der Waals surface area contributed by atoms with E-state index < -0.39 is 0 Å². The molecule has 2 aromatic rings. The minimum atomic E-state index is -0.195. The Labute approximate surface area is 146 Å². The van der Waals surface area contributed by atoms with Crippen LogP contribution in [0, 0.1) is 0 Å². The Hall–Kier alpha value is -1.99. The first kappa shape index (κ1) is 17.4. The zero-order chi connectivity index (χ0) is 16.7. The Balaban J connectivity index is 1.79. The lowest BCUT2D eigenvalue weighted by Crippen LogP contribution is -2.22. The number of benzene rings is 1. The Morgan fingerprint density at radius 2 is 2.04 bits per heavy atom. The van der Waals surface area contributed by atoms with Crippen LogP contribution in [0.3, 0.4) is 0 Å². The van der Waals surface area contributed by atoms with Gasteiger partial charge in [-0.1, -0.05) is 28.1 Å². The van der Waals surface area contributed by atoms with Crippen LogP contribution in [0.25, 0.3) is 0 Å². The van der Waals surface area contributed by atoms with E-state index >= 15 is 0 Å². The summed E-state index contributed by atoms with van der Waals surface area (Å²) < 4.78 is 0.890. The van der Waals surface area contributed by atoms with Gasteiger partial charge in [-0.15, -0.1) is 11.3 Å². The first-order valence-electron chi connectivity index (χ1n) is 6.93. The molecule has 2 rings (SSSR count). The second-order valence-electron chi connectivity index (χ2n) is 4.87. The van der Waals surface area contributed by atoms with E-state index in [-0.39, 0.29) is 18.2 Å². The van der Waals surface area contributed by atoms with Crippen LogP contribution in [-0.2, 0) is 16.0 Å². The molecular formula is C16H16BrN3O2S. The summed E-state index contributed by atoms with van der Waals surface area (Å²) in [6.07, 6.45) is 0.407. The summed E-state index contributed by atoms with van der Waals surface area (Å²) in [6, 6.07) is 11.1. The van der Waals surface area contributed by atoms with Gasteiger partial charge in [0.2, 0.25) is 11.8 Å². The van der Waals surface area contributed by atoms with Gasteiger partial charge >= 0.3 is 0 Å². The van der Waals surface area contributed by atoms with Crippen LogP contribution >= 0.6 is 27.3 Å². The smallest absolute Gasteiger partial charge is 0.245 e. The molecule has 0 aliphatic carbocycles. The van der Waals surface area contributed by atoms with Crippen LogP contribution in [0.2, 0.25) is 0 Å². The third-order valence-electron chi connectivity index (χ3n) is 2.81. The van der Waals surface area contributed by atoms with Gasteiger partial charge in [0, 0.05) is 20.7 Å². The van der Waals surface area contributed by atoms with Crippen molar-refractivity contribution in [1.82, 2.24) is 5.43 Å². The number of hydrazone groups is 1. The maximum absolute atomic E-state index is 11.9. The quantitative estimate of drug-likeness (QED) is 0.581. The molecule has 0 aliphatic heterocycles. The number of nitrogens with one attached hydrogen (secondary N) is 2. The highest BCUT2D eigenvalue weighted by Gasteiger charge is 2.07. The second kappa shape index (κ2) is 8.59. The van der Waals surface area contributed by atoms with E-state index in [1.165, 1.54) is 11.3 Å². The van der Waals surface area contributed by atoms with Crippen molar-refractivity contribution in [2.24, 2.45) is 5.10 Å². The molecule has 23 heavy (non-hydrogen) atoms. The number of hydrogen-bond acceptors (Lipinski definition) is 4. The van der Waals surface area contributed by atoms with Gasteiger partial charge in [-0.25, -0.2) is 5.43 Å². The molecule has 5 nitrogen and oxygen atoms in total. The van der Waals surface area contributed by atoms with Crippen LogP contribution in [0.1, 0.15) is 18.2 Å². The van der Waals surface area contributed by atoms with E-state index in [1.54, 1.807) is 13.0 Å². The molecule has 120 valence electrons. The van der Waals surface area contributed by atoms with E-state index in [2.05, 4.69) is 31.8 Å². The highest BCUT2D eigenvalue weighted by molar-refractivity contribution is 9.10. The Bertz CT molecular complexity index is 714. The van der Waals surface area contributed by atoms with E-state index in [0.717, 1.165) is 9.35 Å². The van der Waals surface area contributed by atoms with E-state index in [9.17, 15) is 9.59 Å². The predicted molar refractivity (Wildman–Crippen MR) is 96.7 cm³/mol. The fourth-order valence-corrected chi connectivity index (χ4v) is 2.91. The second-order valence-corrected chi connectivity index (χ2v) is 6.82. The van der Waals surface area contributed by atoms with Gasteiger partial charge in [-0.3, -0.25) is 9.59 Å². The number of carbonyl (C=O) groups excluding carboxylic acids is 2. The van der Waals surface area contributed by atoms with Crippen molar-refractivity contribution in [3.8, 4) is 0 Å². The Kier molecular flexibility index (Phi) is 6.49. The molecule has 0 saturated heterocycles. The van der Waals surface area contributed by atoms with E-state index in [1.807, 2.05) is 35.7 Å². The van der Waals surface area contributed by atoms with Crippen molar-refractivity contribution < 1.29 is 9.59 Å². The number of halogens is 1. The molecule has 2 N–H and O–H groups in total. The van der Waals surface area contributed by atoms with E-state index in [0.29, 0.717) is 17.8 Å². The lowest BCUT2D eigenvalue weighted by molar-refractivity contribution is -0.120. The summed E-state index contributed by atoms with van der Waals surface area (Å²) in [5.74, 6) is -0.379. The summed E-state index contributed by atoms with van der Waals surface area (Å²) in [4.78, 5) is 24.6. The molecule has 0 unspecified atom stereocenters. The maximum atomic E-state index is 11.9. The van der Waals surface area contributed by atoms with Crippen LogP contribution in [-0.4, -0.2) is 17.5 Å². The van der Waals surface area contributed by atoms with Crippen molar-refractivity contribution >= 4 is 50.5 Å². The third kappa shape index (κ3) is 6.33. The van der Waals surface area contributed by atoms with Gasteiger partial charge in [0.15, 0.2) is 0 Å². The van der Waals surface area contributed by atoms with Gasteiger partial charge in [0.25, 0.3) is 0 Å². The van der Waals surface area contributed by atoms with Crippen LogP contribution in [0.15, 0.2) is 51.4 Å². The number of rotatable bonds is 6. The molecule has 0 aliphatic rings. The van der Waals surface area contributed by atoms with Gasteiger partial charge in [0.05, 0.1) is 12.8 Å². The predicted octanol–water partition coefficient (Wildman–Crippen LogP) is 3.57. The zero-order valence-electron chi connectivity index (χ0n) is 12.5. The number of anilines is 1. The molecule has 0 spiro atoms. The molecule has 0 fully saturated rings. The zero-order valence-corrected chi connectivity index (χ0v) is 14.9. The highest BCUT2D eigenvalue weighted by Crippen LogP contribution is 2.15. The van der Waals surface area contributed by atoms with Gasteiger partial charge in [0.1, 0.15) is 0 Å². The first-order chi connectivity index (χ1) is 11.0. The number of amides is 2. The molecule has 1 aromatic heterocycles. The van der Waals surface area contributed by atoms with Crippen molar-refractivity contribution in [2.75, 3.05) is 5.32 Å². The number of carbonyl (C=O) groups is 2. The maximum Gasteiger partial charge on any atom is 0.245 e. The normalized spacial score (nSPS) is 11.1. The fraction of sp³-hybridized carbons (Fsp3) is 0.188. The third-order valence-corrected chi connectivity index (χ3v) is 4.18. The largest absolute Gasteiger partial charge is 0.326 e. The lowest BCUT2D eigenvalue weighted by atomic mass is 10.2. The van der Waals surface area contributed by atoms with Crippen molar-refractivity contribution in [3.63, 3.8) is 0 Å². The van der Waals surface area contributed by atoms with Crippen molar-refractivity contribution in [2.45, 2.75) is 19.8 Å². The van der Waals surface area contributed by atoms with Crippen molar-refractivity contribution in [1.29, 1.82) is 0 Å². The van der Waals surface area contributed by atoms with Crippen LogP contribution < -0.4 is 10.7 Å². The lowest BCUT2D eigenvalue weighted by Gasteiger charge is -2.06. The highest BCUT2D eigenvalue weighted by atomic mass is 79.9. The SMILES string of the molecule is C/C(CC(=O)Nc1cccc(Br)c1)=N\NC(=O)Cc1cccs1. The van der Waals surface area contributed by atoms with E-state index in [4.69, 9.17) is 0 Å². The topological polar surface area (TPSA) is 70.6 Å². The monoisotopic (exact) mass is 393 g/mol. The van der Waals surface area contributed by atoms with Gasteiger partial charge < -0.3 is 5.32 Å².